The SMILES string of the molecule is CC1(C)CCN(C(=O)NCCCC(=O)O)CC1. The maximum absolute atomic E-state index is 11.7. The Morgan fingerprint density at radius 1 is 1.29 bits per heavy atom. The van der Waals surface area contributed by atoms with Crippen LogP contribution in [0.4, 0.5) is 4.79 Å². The fraction of sp³-hybridized carbons (Fsp3) is 0.833. The Hall–Kier alpha value is -1.26. The van der Waals surface area contributed by atoms with Crippen LogP contribution in [0, 0.1) is 5.41 Å². The van der Waals surface area contributed by atoms with E-state index in [2.05, 4.69) is 19.2 Å². The molecule has 0 bridgehead atoms. The second-order valence-corrected chi connectivity index (χ2v) is 5.38. The molecule has 0 atom stereocenters. The Morgan fingerprint density at radius 3 is 2.41 bits per heavy atom. The summed E-state index contributed by atoms with van der Waals surface area (Å²) in [6.45, 7) is 6.45. The second kappa shape index (κ2) is 5.89. The molecular formula is C12H22N2O3. The minimum absolute atomic E-state index is 0.0640. The third-order valence-electron chi connectivity index (χ3n) is 3.25. The van der Waals surface area contributed by atoms with Crippen molar-refractivity contribution in [1.29, 1.82) is 0 Å². The highest BCUT2D eigenvalue weighted by molar-refractivity contribution is 5.74. The van der Waals surface area contributed by atoms with Gasteiger partial charge in [0.2, 0.25) is 0 Å². The highest BCUT2D eigenvalue weighted by Gasteiger charge is 2.27. The van der Waals surface area contributed by atoms with Gasteiger partial charge in [0.25, 0.3) is 0 Å². The van der Waals surface area contributed by atoms with Crippen LogP contribution >= 0.6 is 0 Å². The normalized spacial score (nSPS) is 18.8. The lowest BCUT2D eigenvalue weighted by Crippen LogP contribution is -2.46. The molecule has 1 fully saturated rings. The van der Waals surface area contributed by atoms with Gasteiger partial charge < -0.3 is 15.3 Å². The molecule has 17 heavy (non-hydrogen) atoms. The molecule has 2 amide bonds. The van der Waals surface area contributed by atoms with Crippen LogP contribution in [0.3, 0.4) is 0 Å². The largest absolute Gasteiger partial charge is 0.481 e. The Kier molecular flexibility index (Phi) is 4.78. The zero-order valence-corrected chi connectivity index (χ0v) is 10.7. The van der Waals surface area contributed by atoms with E-state index in [0.29, 0.717) is 18.4 Å². The van der Waals surface area contributed by atoms with E-state index in [4.69, 9.17) is 5.11 Å². The first-order valence-electron chi connectivity index (χ1n) is 6.15. The molecule has 2 N–H and O–H groups in total. The molecule has 98 valence electrons. The Balaban J connectivity index is 2.18. The van der Waals surface area contributed by atoms with E-state index in [0.717, 1.165) is 25.9 Å². The molecule has 1 rings (SSSR count). The fourth-order valence-corrected chi connectivity index (χ4v) is 1.86. The van der Waals surface area contributed by atoms with Crippen molar-refractivity contribution in [2.75, 3.05) is 19.6 Å². The molecule has 0 aromatic heterocycles. The van der Waals surface area contributed by atoms with Crippen LogP contribution in [0.25, 0.3) is 0 Å². The number of carbonyl (C=O) groups excluding carboxylic acids is 1. The van der Waals surface area contributed by atoms with Crippen LogP contribution in [0.1, 0.15) is 39.5 Å². The fourth-order valence-electron chi connectivity index (χ4n) is 1.86. The average molecular weight is 242 g/mol. The number of nitrogens with one attached hydrogen (secondary N) is 1. The number of urea groups is 1. The van der Waals surface area contributed by atoms with Crippen molar-refractivity contribution >= 4 is 12.0 Å². The molecular weight excluding hydrogens is 220 g/mol. The first kappa shape index (κ1) is 13.8. The van der Waals surface area contributed by atoms with E-state index in [9.17, 15) is 9.59 Å². The minimum Gasteiger partial charge on any atom is -0.481 e. The number of aliphatic carboxylic acids is 1. The number of carbonyl (C=O) groups is 2. The maximum Gasteiger partial charge on any atom is 0.317 e. The molecule has 1 heterocycles. The number of carboxylic acids is 1. The van der Waals surface area contributed by atoms with Crippen LogP contribution in [0.15, 0.2) is 0 Å². The lowest BCUT2D eigenvalue weighted by molar-refractivity contribution is -0.137. The van der Waals surface area contributed by atoms with E-state index >= 15 is 0 Å². The summed E-state index contributed by atoms with van der Waals surface area (Å²) < 4.78 is 0. The number of hydrogen-bond acceptors (Lipinski definition) is 2. The zero-order valence-electron chi connectivity index (χ0n) is 10.7. The molecule has 0 aliphatic carbocycles. The molecule has 0 radical (unpaired) electrons. The molecule has 1 saturated heterocycles. The standard InChI is InChI=1S/C12H22N2O3/c1-12(2)5-8-14(9-6-12)11(17)13-7-3-4-10(15)16/h3-9H2,1-2H3,(H,13,17)(H,15,16). The molecule has 0 aromatic carbocycles. The van der Waals surface area contributed by atoms with E-state index in [1.165, 1.54) is 0 Å². The van der Waals surface area contributed by atoms with E-state index in [1.54, 1.807) is 0 Å². The van der Waals surface area contributed by atoms with Crippen LogP contribution in [-0.2, 0) is 4.79 Å². The van der Waals surface area contributed by atoms with Crippen LogP contribution in [0.5, 0.6) is 0 Å². The van der Waals surface area contributed by atoms with Gasteiger partial charge in [-0.2, -0.15) is 0 Å². The van der Waals surface area contributed by atoms with E-state index in [-0.39, 0.29) is 12.5 Å². The predicted octanol–water partition coefficient (Wildman–Crippen LogP) is 1.68. The highest BCUT2D eigenvalue weighted by Crippen LogP contribution is 2.29. The summed E-state index contributed by atoms with van der Waals surface area (Å²) in [7, 11) is 0. The van der Waals surface area contributed by atoms with Gasteiger partial charge in [-0.05, 0) is 24.7 Å². The number of likely N-dealkylation sites (tertiary alicyclic amines) is 1. The minimum atomic E-state index is -0.820. The lowest BCUT2D eigenvalue weighted by Gasteiger charge is -2.36. The molecule has 0 aromatic rings. The maximum atomic E-state index is 11.7. The van der Waals surface area contributed by atoms with Gasteiger partial charge in [-0.15, -0.1) is 0 Å². The van der Waals surface area contributed by atoms with Crippen LogP contribution in [-0.4, -0.2) is 41.6 Å². The number of hydrogen-bond donors (Lipinski definition) is 2. The topological polar surface area (TPSA) is 69.6 Å². The van der Waals surface area contributed by atoms with Gasteiger partial charge in [0.15, 0.2) is 0 Å². The van der Waals surface area contributed by atoms with Crippen molar-refractivity contribution in [3.8, 4) is 0 Å². The summed E-state index contributed by atoms with van der Waals surface area (Å²) >= 11 is 0. The molecule has 5 nitrogen and oxygen atoms in total. The number of carboxylic acid groups (broad SMARTS) is 1. The zero-order chi connectivity index (χ0) is 12.9. The van der Waals surface area contributed by atoms with Gasteiger partial charge in [-0.3, -0.25) is 4.79 Å². The van der Waals surface area contributed by atoms with Gasteiger partial charge >= 0.3 is 12.0 Å². The summed E-state index contributed by atoms with van der Waals surface area (Å²) in [6, 6.07) is -0.0640. The monoisotopic (exact) mass is 242 g/mol. The molecule has 1 aliphatic heterocycles. The van der Waals surface area contributed by atoms with Crippen molar-refractivity contribution in [3.63, 3.8) is 0 Å². The Morgan fingerprint density at radius 2 is 1.88 bits per heavy atom. The van der Waals surface area contributed by atoms with Crippen LogP contribution < -0.4 is 5.32 Å². The molecule has 0 unspecified atom stereocenters. The Labute approximate surface area is 102 Å². The van der Waals surface area contributed by atoms with Crippen molar-refractivity contribution < 1.29 is 14.7 Å². The summed E-state index contributed by atoms with van der Waals surface area (Å²) in [5.41, 5.74) is 0.333. The third-order valence-corrected chi connectivity index (χ3v) is 3.25. The Bertz CT molecular complexity index is 279. The van der Waals surface area contributed by atoms with E-state index in [1.807, 2.05) is 4.90 Å². The number of amides is 2. The summed E-state index contributed by atoms with van der Waals surface area (Å²) in [6.07, 6.45) is 2.64. The summed E-state index contributed by atoms with van der Waals surface area (Å²) in [5.74, 6) is -0.820. The smallest absolute Gasteiger partial charge is 0.317 e. The average Bonchev–Trinajstić information content (AvgIpc) is 2.23. The van der Waals surface area contributed by atoms with Gasteiger partial charge in [0.1, 0.15) is 0 Å². The first-order valence-corrected chi connectivity index (χ1v) is 6.15. The second-order valence-electron chi connectivity index (χ2n) is 5.38. The predicted molar refractivity (Wildman–Crippen MR) is 64.9 cm³/mol. The van der Waals surface area contributed by atoms with Gasteiger partial charge in [-0.25, -0.2) is 4.79 Å². The summed E-state index contributed by atoms with van der Waals surface area (Å²) in [5, 5.41) is 11.2. The number of rotatable bonds is 4. The van der Waals surface area contributed by atoms with Crippen molar-refractivity contribution in [2.45, 2.75) is 39.5 Å². The van der Waals surface area contributed by atoms with Crippen molar-refractivity contribution in [3.05, 3.63) is 0 Å². The van der Waals surface area contributed by atoms with Crippen molar-refractivity contribution in [2.24, 2.45) is 5.41 Å². The van der Waals surface area contributed by atoms with Gasteiger partial charge in [-0.1, -0.05) is 13.8 Å². The quantitative estimate of drug-likeness (QED) is 0.737. The van der Waals surface area contributed by atoms with Crippen LogP contribution in [0.2, 0.25) is 0 Å². The highest BCUT2D eigenvalue weighted by atomic mass is 16.4. The third kappa shape index (κ3) is 5.06. The first-order chi connectivity index (χ1) is 7.91. The molecule has 0 saturated carbocycles. The number of piperidine rings is 1. The van der Waals surface area contributed by atoms with Gasteiger partial charge in [0.05, 0.1) is 0 Å². The van der Waals surface area contributed by atoms with Crippen molar-refractivity contribution in [1.82, 2.24) is 10.2 Å². The van der Waals surface area contributed by atoms with Gasteiger partial charge in [0, 0.05) is 26.1 Å². The summed E-state index contributed by atoms with van der Waals surface area (Å²) in [4.78, 5) is 23.8. The molecule has 5 heteroatoms. The molecule has 1 aliphatic rings. The lowest BCUT2D eigenvalue weighted by atomic mass is 9.83. The molecule has 0 spiro atoms. The number of nitrogens with zero attached hydrogens (tertiary/aromatic N) is 1. The van der Waals surface area contributed by atoms with E-state index < -0.39 is 5.97 Å².